The van der Waals surface area contributed by atoms with Crippen molar-refractivity contribution < 1.29 is 36.8 Å². The molecule has 0 amide bonds. The standard InChI is InChI=1S/C27H28F3N5O5/c1-31-26(34-38-16-36)18-8-9-23(32-14-18)35-12-10-19(11-13-35)37-15-21-24(33-40-25(21)17-6-7-17)20-4-2-3-5-22(20)39-27(28,29)30/h2-5,8-9,14,16-17,19H,6-7,10-13,15H2,1H3,(H,31,34). The fourth-order valence-corrected chi connectivity index (χ4v) is 4.70. The molecule has 1 saturated heterocycles. The summed E-state index contributed by atoms with van der Waals surface area (Å²) in [5.74, 6) is 1.71. The highest BCUT2D eigenvalue weighted by Gasteiger charge is 2.36. The number of carbonyl (C=O) groups excluding carboxylic acids is 1. The summed E-state index contributed by atoms with van der Waals surface area (Å²) in [7, 11) is 1.66. The fraction of sp³-hybridized carbons (Fsp3) is 0.407. The van der Waals surface area contributed by atoms with Crippen LogP contribution in [0.25, 0.3) is 11.3 Å². The molecule has 5 rings (SSSR count). The van der Waals surface area contributed by atoms with Crippen molar-refractivity contribution in [1.29, 1.82) is 0 Å². The second-order valence-corrected chi connectivity index (χ2v) is 9.49. The van der Waals surface area contributed by atoms with Gasteiger partial charge in [0, 0.05) is 48.9 Å². The molecule has 1 aromatic carbocycles. The molecule has 1 aliphatic carbocycles. The van der Waals surface area contributed by atoms with Crippen LogP contribution in [0.15, 0.2) is 52.3 Å². The third-order valence-corrected chi connectivity index (χ3v) is 6.81. The quantitative estimate of drug-likeness (QED) is 0.124. The van der Waals surface area contributed by atoms with E-state index < -0.39 is 6.36 Å². The number of anilines is 1. The maximum atomic E-state index is 13.0. The lowest BCUT2D eigenvalue weighted by atomic mass is 10.0. The van der Waals surface area contributed by atoms with Gasteiger partial charge in [-0.15, -0.1) is 13.2 Å². The molecule has 0 spiro atoms. The number of aromatic nitrogens is 2. The first-order valence-electron chi connectivity index (χ1n) is 12.9. The number of nitrogens with one attached hydrogen (secondary N) is 1. The fourth-order valence-electron chi connectivity index (χ4n) is 4.70. The van der Waals surface area contributed by atoms with Crippen LogP contribution >= 0.6 is 0 Å². The molecule has 2 aliphatic rings. The van der Waals surface area contributed by atoms with Gasteiger partial charge >= 0.3 is 12.8 Å². The Hall–Kier alpha value is -4.13. The first-order chi connectivity index (χ1) is 19.4. The summed E-state index contributed by atoms with van der Waals surface area (Å²) in [5, 5.41) is 10.7. The van der Waals surface area contributed by atoms with Crippen molar-refractivity contribution in [1.82, 2.24) is 15.5 Å². The summed E-state index contributed by atoms with van der Waals surface area (Å²) in [6.45, 7) is 1.85. The lowest BCUT2D eigenvalue weighted by molar-refractivity contribution is -0.274. The Labute approximate surface area is 228 Å². The van der Waals surface area contributed by atoms with E-state index in [2.05, 4.69) is 35.1 Å². The van der Waals surface area contributed by atoms with Gasteiger partial charge in [0.05, 0.1) is 12.7 Å². The maximum absolute atomic E-state index is 13.0. The number of nitrogens with zero attached hydrogens (tertiary/aromatic N) is 4. The molecule has 1 N–H and O–H groups in total. The summed E-state index contributed by atoms with van der Waals surface area (Å²) in [5.41, 5.74) is 1.86. The lowest BCUT2D eigenvalue weighted by Crippen LogP contribution is -2.37. The molecule has 0 unspecified atom stereocenters. The van der Waals surface area contributed by atoms with E-state index >= 15 is 0 Å². The Morgan fingerprint density at radius 3 is 2.60 bits per heavy atom. The van der Waals surface area contributed by atoms with Gasteiger partial charge in [-0.1, -0.05) is 22.4 Å². The number of piperidine rings is 1. The van der Waals surface area contributed by atoms with Gasteiger partial charge in [-0.2, -0.15) is 0 Å². The number of benzene rings is 1. The third-order valence-electron chi connectivity index (χ3n) is 6.81. The summed E-state index contributed by atoms with van der Waals surface area (Å²) < 4.78 is 55.2. The lowest BCUT2D eigenvalue weighted by Gasteiger charge is -2.32. The average molecular weight is 560 g/mol. The van der Waals surface area contributed by atoms with Gasteiger partial charge in [-0.25, -0.2) is 4.98 Å². The largest absolute Gasteiger partial charge is 0.573 e. The molecule has 40 heavy (non-hydrogen) atoms. The van der Waals surface area contributed by atoms with E-state index in [1.54, 1.807) is 19.3 Å². The van der Waals surface area contributed by atoms with Crippen LogP contribution in [0.3, 0.4) is 0 Å². The molecule has 2 aromatic heterocycles. The number of halogens is 3. The summed E-state index contributed by atoms with van der Waals surface area (Å²) in [6.07, 6.45) is 0.146. The van der Waals surface area contributed by atoms with Crippen molar-refractivity contribution >= 4 is 18.1 Å². The molecule has 3 aromatic rings. The topological polar surface area (TPSA) is 111 Å². The van der Waals surface area contributed by atoms with Crippen LogP contribution in [0.1, 0.15) is 48.5 Å². The predicted octanol–water partition coefficient (Wildman–Crippen LogP) is 4.75. The summed E-state index contributed by atoms with van der Waals surface area (Å²) in [4.78, 5) is 21.5. The van der Waals surface area contributed by atoms with Gasteiger partial charge in [-0.3, -0.25) is 4.79 Å². The van der Waals surface area contributed by atoms with E-state index in [1.165, 1.54) is 18.2 Å². The molecule has 212 valence electrons. The van der Waals surface area contributed by atoms with Crippen molar-refractivity contribution in [2.45, 2.75) is 50.7 Å². The second kappa shape index (κ2) is 11.9. The van der Waals surface area contributed by atoms with Crippen molar-refractivity contribution in [3.63, 3.8) is 0 Å². The van der Waals surface area contributed by atoms with Crippen LogP contribution in [0, 0.1) is 0 Å². The van der Waals surface area contributed by atoms with Gasteiger partial charge in [0.15, 0.2) is 5.84 Å². The first kappa shape index (κ1) is 27.4. The number of rotatable bonds is 10. The summed E-state index contributed by atoms with van der Waals surface area (Å²) in [6, 6.07) is 9.62. The van der Waals surface area contributed by atoms with E-state index in [-0.39, 0.29) is 36.4 Å². The molecule has 1 aliphatic heterocycles. The van der Waals surface area contributed by atoms with Crippen LogP contribution < -0.4 is 15.0 Å². The number of hydrogen-bond donors (Lipinski definition) is 1. The maximum Gasteiger partial charge on any atom is 0.573 e. The molecule has 3 heterocycles. The third kappa shape index (κ3) is 6.53. The van der Waals surface area contributed by atoms with Crippen LogP contribution in [0.5, 0.6) is 5.75 Å². The Kier molecular flexibility index (Phi) is 8.19. The highest BCUT2D eigenvalue weighted by atomic mass is 19.4. The molecule has 1 saturated carbocycles. The SMILES string of the molecule is CN/C(=N\OC=O)c1ccc(N2CCC(OCc3c(-c4ccccc4OC(F)(F)F)noc3C3CC3)CC2)nc1. The number of para-hydroxylation sites is 1. The van der Waals surface area contributed by atoms with Crippen molar-refractivity contribution in [2.24, 2.45) is 5.16 Å². The highest BCUT2D eigenvalue weighted by molar-refractivity contribution is 5.98. The van der Waals surface area contributed by atoms with E-state index in [0.717, 1.165) is 31.5 Å². The van der Waals surface area contributed by atoms with Gasteiger partial charge in [-0.05, 0) is 49.9 Å². The molecule has 13 heteroatoms. The minimum Gasteiger partial charge on any atom is -0.405 e. The number of carbonyl (C=O) groups is 1. The minimum absolute atomic E-state index is 0.0458. The number of oxime groups is 1. The number of ether oxygens (including phenoxy) is 2. The first-order valence-corrected chi connectivity index (χ1v) is 12.9. The van der Waals surface area contributed by atoms with Crippen LogP contribution in [-0.4, -0.2) is 55.1 Å². The van der Waals surface area contributed by atoms with Crippen LogP contribution in [0.4, 0.5) is 19.0 Å². The Balaban J connectivity index is 1.23. The van der Waals surface area contributed by atoms with Gasteiger partial charge in [0.1, 0.15) is 23.0 Å². The van der Waals surface area contributed by atoms with E-state index in [1.807, 2.05) is 12.1 Å². The van der Waals surface area contributed by atoms with E-state index in [0.29, 0.717) is 41.5 Å². The molecule has 2 fully saturated rings. The summed E-state index contributed by atoms with van der Waals surface area (Å²) >= 11 is 0. The predicted molar refractivity (Wildman–Crippen MR) is 138 cm³/mol. The number of alkyl halides is 3. The zero-order chi connectivity index (χ0) is 28.1. The molecular formula is C27H28F3N5O5. The molecule has 0 atom stereocenters. The van der Waals surface area contributed by atoms with Crippen molar-refractivity contribution in [2.75, 3.05) is 25.0 Å². The number of amidine groups is 1. The van der Waals surface area contributed by atoms with E-state index in [4.69, 9.17) is 9.26 Å². The van der Waals surface area contributed by atoms with Gasteiger partial charge < -0.3 is 29.1 Å². The zero-order valence-corrected chi connectivity index (χ0v) is 21.7. The Morgan fingerprint density at radius 2 is 1.95 bits per heavy atom. The Morgan fingerprint density at radius 1 is 1.18 bits per heavy atom. The monoisotopic (exact) mass is 559 g/mol. The normalized spacial score (nSPS) is 16.6. The average Bonchev–Trinajstić information content (AvgIpc) is 3.71. The van der Waals surface area contributed by atoms with Gasteiger partial charge in [0.25, 0.3) is 0 Å². The van der Waals surface area contributed by atoms with Gasteiger partial charge in [0.2, 0.25) is 0 Å². The molecule has 0 radical (unpaired) electrons. The van der Waals surface area contributed by atoms with Crippen LogP contribution in [0.2, 0.25) is 0 Å². The molecule has 10 nitrogen and oxygen atoms in total. The number of hydrogen-bond acceptors (Lipinski definition) is 9. The highest BCUT2D eigenvalue weighted by Crippen LogP contribution is 2.45. The molecule has 0 bridgehead atoms. The zero-order valence-electron chi connectivity index (χ0n) is 21.7. The van der Waals surface area contributed by atoms with Crippen molar-refractivity contribution in [3.8, 4) is 17.0 Å². The van der Waals surface area contributed by atoms with E-state index in [9.17, 15) is 18.0 Å². The second-order valence-electron chi connectivity index (χ2n) is 9.49. The van der Waals surface area contributed by atoms with Crippen molar-refractivity contribution in [3.05, 3.63) is 59.5 Å². The minimum atomic E-state index is -4.83. The Bertz CT molecular complexity index is 1330. The molecular weight excluding hydrogens is 531 g/mol. The smallest absolute Gasteiger partial charge is 0.405 e. The number of pyridine rings is 1. The van der Waals surface area contributed by atoms with Crippen LogP contribution in [-0.2, 0) is 21.0 Å².